The molecule has 0 bridgehead atoms. The van der Waals surface area contributed by atoms with Gasteiger partial charge in [0.25, 0.3) is 0 Å². The lowest BCUT2D eigenvalue weighted by Crippen LogP contribution is -2.36. The molecule has 1 aromatic heterocycles. The molecule has 2 aromatic rings. The van der Waals surface area contributed by atoms with Crippen molar-refractivity contribution in [2.75, 3.05) is 6.54 Å². The van der Waals surface area contributed by atoms with E-state index in [2.05, 4.69) is 88.3 Å². The van der Waals surface area contributed by atoms with Crippen LogP contribution in [-0.4, -0.2) is 27.3 Å². The molecule has 5 unspecified atom stereocenters. The van der Waals surface area contributed by atoms with Gasteiger partial charge < -0.3 is 9.88 Å². The van der Waals surface area contributed by atoms with Gasteiger partial charge in [-0.25, -0.2) is 4.98 Å². The molecule has 5 atom stereocenters. The molecule has 1 saturated heterocycles. The molecule has 4 nitrogen and oxygen atoms in total. The maximum absolute atomic E-state index is 13.1. The lowest BCUT2D eigenvalue weighted by Gasteiger charge is -2.31. The van der Waals surface area contributed by atoms with Gasteiger partial charge in [-0.05, 0) is 85.6 Å². The number of hydrogen-bond donors (Lipinski definition) is 2. The summed E-state index contributed by atoms with van der Waals surface area (Å²) in [7, 11) is 2.11. The fourth-order valence-corrected chi connectivity index (χ4v) is 6.00. The summed E-state index contributed by atoms with van der Waals surface area (Å²) < 4.78 is 0. The summed E-state index contributed by atoms with van der Waals surface area (Å²) in [4.78, 5) is 23.7. The third kappa shape index (κ3) is 4.91. The first-order valence-electron chi connectivity index (χ1n) is 13.0. The first-order chi connectivity index (χ1) is 16.9. The lowest BCUT2D eigenvalue weighted by molar-refractivity contribution is -0.137. The van der Waals surface area contributed by atoms with Crippen molar-refractivity contribution in [2.24, 2.45) is 23.7 Å². The van der Waals surface area contributed by atoms with Crippen LogP contribution in [0.15, 0.2) is 48.1 Å². The van der Waals surface area contributed by atoms with E-state index in [0.717, 1.165) is 48.6 Å². The zero-order valence-electron chi connectivity index (χ0n) is 21.6. The fraction of sp³-hybridized carbons (Fsp3) is 0.517. The SMILES string of the molecule is C=C1CC2CCC2/C1=C(/C=C\C)c1ccc2nc(C3CCCN3C(=O)C(C)C(C)C)[nH]c2c1.PS. The van der Waals surface area contributed by atoms with Gasteiger partial charge in [-0.3, -0.25) is 4.79 Å². The van der Waals surface area contributed by atoms with Gasteiger partial charge in [0.05, 0.1) is 17.1 Å². The molecule has 35 heavy (non-hydrogen) atoms. The summed E-state index contributed by atoms with van der Waals surface area (Å²) in [5.74, 6) is 3.03. The third-order valence-corrected chi connectivity index (χ3v) is 8.35. The van der Waals surface area contributed by atoms with Crippen molar-refractivity contribution in [1.29, 1.82) is 0 Å². The van der Waals surface area contributed by atoms with Crippen molar-refractivity contribution < 1.29 is 4.79 Å². The normalized spacial score (nSPS) is 26.1. The van der Waals surface area contributed by atoms with E-state index in [1.165, 1.54) is 35.1 Å². The van der Waals surface area contributed by atoms with E-state index in [-0.39, 0.29) is 17.9 Å². The number of hydrogen-bond acceptors (Lipinski definition) is 3. The molecular formula is C29H40N3OPS. The Bertz CT molecular complexity index is 1160. The Balaban J connectivity index is 0.00000141. The van der Waals surface area contributed by atoms with Gasteiger partial charge in [-0.1, -0.05) is 59.6 Å². The second-order valence-electron chi connectivity index (χ2n) is 10.7. The van der Waals surface area contributed by atoms with Gasteiger partial charge in [0, 0.05) is 12.5 Å². The largest absolute Gasteiger partial charge is 0.340 e. The Morgan fingerprint density at radius 3 is 2.66 bits per heavy atom. The molecule has 1 aromatic carbocycles. The van der Waals surface area contributed by atoms with Crippen molar-refractivity contribution in [1.82, 2.24) is 14.9 Å². The molecule has 188 valence electrons. The highest BCUT2D eigenvalue weighted by Gasteiger charge is 2.42. The number of carbonyl (C=O) groups is 1. The number of likely N-dealkylation sites (tertiary alicyclic amines) is 1. The maximum Gasteiger partial charge on any atom is 0.226 e. The summed E-state index contributed by atoms with van der Waals surface area (Å²) in [6.07, 6.45) is 10.2. The first-order valence-corrected chi connectivity index (χ1v) is 15.1. The zero-order chi connectivity index (χ0) is 25.3. The average Bonchev–Trinajstić information content (AvgIpc) is 3.54. The minimum Gasteiger partial charge on any atom is -0.340 e. The van der Waals surface area contributed by atoms with Crippen molar-refractivity contribution in [3.63, 3.8) is 0 Å². The minimum absolute atomic E-state index is 0.0337. The molecule has 0 radical (unpaired) electrons. The Morgan fingerprint density at radius 2 is 2.03 bits per heavy atom. The van der Waals surface area contributed by atoms with Gasteiger partial charge in [0.2, 0.25) is 5.91 Å². The summed E-state index contributed by atoms with van der Waals surface area (Å²) in [5, 5.41) is 0. The number of fused-ring (bicyclic) bond motifs is 2. The Labute approximate surface area is 218 Å². The van der Waals surface area contributed by atoms with Gasteiger partial charge >= 0.3 is 0 Å². The minimum atomic E-state index is 0.0337. The number of rotatable bonds is 5. The number of carbonyl (C=O) groups excluding carboxylic acids is 1. The summed E-state index contributed by atoms with van der Waals surface area (Å²) >= 11 is 3.44. The highest BCUT2D eigenvalue weighted by atomic mass is 32.7. The van der Waals surface area contributed by atoms with Gasteiger partial charge in [-0.2, -0.15) is 12.2 Å². The molecule has 5 rings (SSSR count). The number of imidazole rings is 1. The van der Waals surface area contributed by atoms with E-state index < -0.39 is 0 Å². The van der Waals surface area contributed by atoms with Crippen LogP contribution < -0.4 is 0 Å². The number of thiol groups is 1. The monoisotopic (exact) mass is 509 g/mol. The third-order valence-electron chi connectivity index (χ3n) is 8.35. The molecule has 3 fully saturated rings. The predicted octanol–water partition coefficient (Wildman–Crippen LogP) is 7.54. The number of H-pyrrole nitrogens is 1. The Morgan fingerprint density at radius 1 is 1.26 bits per heavy atom. The summed E-state index contributed by atoms with van der Waals surface area (Å²) in [6, 6.07) is 6.62. The van der Waals surface area contributed by atoms with Crippen LogP contribution in [0.2, 0.25) is 0 Å². The van der Waals surface area contributed by atoms with Crippen molar-refractivity contribution in [2.45, 2.75) is 65.8 Å². The molecule has 2 saturated carbocycles. The van der Waals surface area contributed by atoms with E-state index in [9.17, 15) is 4.79 Å². The van der Waals surface area contributed by atoms with Crippen LogP contribution in [0.25, 0.3) is 16.6 Å². The van der Waals surface area contributed by atoms with Crippen molar-refractivity contribution in [3.8, 4) is 0 Å². The van der Waals surface area contributed by atoms with Crippen LogP contribution in [0.1, 0.15) is 77.2 Å². The van der Waals surface area contributed by atoms with E-state index in [4.69, 9.17) is 4.98 Å². The number of allylic oxidation sites excluding steroid dienone is 5. The van der Waals surface area contributed by atoms with Crippen molar-refractivity contribution >= 4 is 43.2 Å². The molecule has 2 aliphatic carbocycles. The molecule has 3 aliphatic rings. The smallest absolute Gasteiger partial charge is 0.226 e. The van der Waals surface area contributed by atoms with E-state index in [1.54, 1.807) is 0 Å². The zero-order valence-corrected chi connectivity index (χ0v) is 23.6. The van der Waals surface area contributed by atoms with E-state index >= 15 is 0 Å². The van der Waals surface area contributed by atoms with Crippen LogP contribution in [0.5, 0.6) is 0 Å². The number of nitrogens with one attached hydrogen (secondary N) is 1. The molecule has 1 amide bonds. The number of benzene rings is 1. The number of nitrogens with zero attached hydrogens (tertiary/aromatic N) is 2. The molecule has 1 aliphatic heterocycles. The summed E-state index contributed by atoms with van der Waals surface area (Å²) in [6.45, 7) is 13.6. The predicted molar refractivity (Wildman–Crippen MR) is 154 cm³/mol. The van der Waals surface area contributed by atoms with Crippen molar-refractivity contribution in [3.05, 3.63) is 59.5 Å². The standard InChI is InChI=1S/C29H37N3O.H3PS/c1-6-8-22(27-18(4)15-20-10-12-23(20)27)21-11-13-24-25(16-21)31-28(30-24)26-9-7-14-32(26)29(33)19(5)17(2)3;1-2/h6,8,11,13,16-17,19-20,23,26H,4,7,9-10,12,14-15H2,1-3,5H3,(H,30,31);2H,1H2/b8-6-,27-22-;. The Kier molecular flexibility index (Phi) is 8.28. The summed E-state index contributed by atoms with van der Waals surface area (Å²) in [5.41, 5.74) is 7.36. The van der Waals surface area contributed by atoms with E-state index in [0.29, 0.717) is 11.8 Å². The average molecular weight is 510 g/mol. The number of aromatic nitrogens is 2. The number of aromatic amines is 1. The second-order valence-corrected chi connectivity index (χ2v) is 10.7. The fourth-order valence-electron chi connectivity index (χ4n) is 6.00. The maximum atomic E-state index is 13.1. The van der Waals surface area contributed by atoms with E-state index in [1.807, 2.05) is 6.92 Å². The van der Waals surface area contributed by atoms with Gasteiger partial charge in [0.15, 0.2) is 0 Å². The van der Waals surface area contributed by atoms with Gasteiger partial charge in [0.1, 0.15) is 5.82 Å². The van der Waals surface area contributed by atoms with Crippen LogP contribution in [0.3, 0.4) is 0 Å². The Hall–Kier alpha value is -1.84. The van der Waals surface area contributed by atoms with Crippen LogP contribution in [-0.2, 0) is 4.79 Å². The quantitative estimate of drug-likeness (QED) is 0.323. The lowest BCUT2D eigenvalue weighted by atomic mass is 9.73. The first kappa shape index (κ1) is 26.2. The second kappa shape index (κ2) is 11.0. The van der Waals surface area contributed by atoms with Crippen LogP contribution >= 0.6 is 20.7 Å². The van der Waals surface area contributed by atoms with Gasteiger partial charge in [-0.15, -0.1) is 0 Å². The number of amides is 1. The van der Waals surface area contributed by atoms with Crippen LogP contribution in [0.4, 0.5) is 0 Å². The molecule has 2 heterocycles. The van der Waals surface area contributed by atoms with Crippen LogP contribution in [0, 0.1) is 23.7 Å². The highest BCUT2D eigenvalue weighted by molar-refractivity contribution is 8.31. The molecule has 6 heteroatoms. The molecule has 0 spiro atoms. The highest BCUT2D eigenvalue weighted by Crippen LogP contribution is 2.54. The molecule has 1 N–H and O–H groups in total. The molecular weight excluding hydrogens is 469 g/mol. The topological polar surface area (TPSA) is 49.0 Å².